The van der Waals surface area contributed by atoms with Crippen LogP contribution in [0.4, 0.5) is 0 Å². The first kappa shape index (κ1) is 18.0. The van der Waals surface area contributed by atoms with Crippen LogP contribution < -0.4 is 5.56 Å². The highest BCUT2D eigenvalue weighted by Gasteiger charge is 2.22. The van der Waals surface area contributed by atoms with Crippen molar-refractivity contribution in [3.8, 4) is 6.07 Å². The first-order valence-electron chi connectivity index (χ1n) is 8.99. The Balaban J connectivity index is 1.75. The highest BCUT2D eigenvalue weighted by atomic mass is 32.2. The molecule has 2 heterocycles. The summed E-state index contributed by atoms with van der Waals surface area (Å²) in [6.45, 7) is 4.26. The first-order chi connectivity index (χ1) is 13.2. The van der Waals surface area contributed by atoms with Crippen LogP contribution >= 0.6 is 23.1 Å². The van der Waals surface area contributed by atoms with E-state index in [4.69, 9.17) is 10.2 Å². The van der Waals surface area contributed by atoms with E-state index in [1.54, 1.807) is 28.0 Å². The van der Waals surface area contributed by atoms with Crippen molar-refractivity contribution in [1.29, 1.82) is 5.26 Å². The molecule has 1 aliphatic rings. The highest BCUT2D eigenvalue weighted by molar-refractivity contribution is 7.98. The van der Waals surface area contributed by atoms with Crippen molar-refractivity contribution in [3.05, 3.63) is 68.8 Å². The van der Waals surface area contributed by atoms with Gasteiger partial charge in [0.15, 0.2) is 5.16 Å². The van der Waals surface area contributed by atoms with Crippen LogP contribution in [-0.2, 0) is 25.1 Å². The molecule has 136 valence electrons. The Morgan fingerprint density at radius 3 is 3.04 bits per heavy atom. The molecule has 4 nitrogen and oxygen atoms in total. The monoisotopic (exact) mass is 393 g/mol. The van der Waals surface area contributed by atoms with Gasteiger partial charge in [0.05, 0.1) is 17.0 Å². The van der Waals surface area contributed by atoms with Crippen molar-refractivity contribution < 1.29 is 0 Å². The molecule has 0 saturated carbocycles. The average Bonchev–Trinajstić information content (AvgIpc) is 3.07. The van der Waals surface area contributed by atoms with Gasteiger partial charge in [-0.1, -0.05) is 30.0 Å². The Morgan fingerprint density at radius 1 is 1.37 bits per heavy atom. The summed E-state index contributed by atoms with van der Waals surface area (Å²) in [5, 5.41) is 10.6. The lowest BCUT2D eigenvalue weighted by Crippen LogP contribution is -2.23. The van der Waals surface area contributed by atoms with Crippen LogP contribution in [-0.4, -0.2) is 9.55 Å². The Bertz CT molecular complexity index is 1120. The summed E-state index contributed by atoms with van der Waals surface area (Å²) in [6.07, 6.45) is 6.12. The standard InChI is InChI=1S/C21H19N3OS2/c1-2-10-24-20(25)18-16-8-3-4-9-17(16)27-19(18)23-21(24)26-13-15-7-5-6-14(11-15)12-22/h2,5-7,11H,1,3-4,8-10,13H2. The van der Waals surface area contributed by atoms with Crippen molar-refractivity contribution >= 4 is 33.3 Å². The number of nitriles is 1. The molecule has 0 unspecified atom stereocenters. The van der Waals surface area contributed by atoms with E-state index in [2.05, 4.69) is 12.6 Å². The molecule has 3 aromatic rings. The van der Waals surface area contributed by atoms with Crippen LogP contribution in [0.5, 0.6) is 0 Å². The molecule has 0 N–H and O–H groups in total. The summed E-state index contributed by atoms with van der Waals surface area (Å²) in [7, 11) is 0. The normalized spacial score (nSPS) is 13.3. The van der Waals surface area contributed by atoms with Crippen molar-refractivity contribution in [2.75, 3.05) is 0 Å². The number of thiophene rings is 1. The molecular weight excluding hydrogens is 374 g/mol. The Hall–Kier alpha value is -2.36. The molecule has 1 aromatic carbocycles. The minimum absolute atomic E-state index is 0.0487. The minimum Gasteiger partial charge on any atom is -0.283 e. The fraction of sp³-hybridized carbons (Fsp3) is 0.286. The number of allylic oxidation sites excluding steroid dienone is 1. The number of nitrogens with zero attached hydrogens (tertiary/aromatic N) is 3. The zero-order valence-corrected chi connectivity index (χ0v) is 16.5. The Morgan fingerprint density at radius 2 is 2.22 bits per heavy atom. The number of hydrogen-bond acceptors (Lipinski definition) is 5. The number of aromatic nitrogens is 2. The van der Waals surface area contributed by atoms with E-state index in [0.717, 1.165) is 35.0 Å². The van der Waals surface area contributed by atoms with Crippen LogP contribution in [0.25, 0.3) is 10.2 Å². The number of fused-ring (bicyclic) bond motifs is 3. The second kappa shape index (κ2) is 7.71. The summed E-state index contributed by atoms with van der Waals surface area (Å²) in [6, 6.07) is 9.72. The molecule has 0 atom stereocenters. The Labute approximate surface area is 166 Å². The lowest BCUT2D eigenvalue weighted by atomic mass is 9.97. The lowest BCUT2D eigenvalue weighted by molar-refractivity contribution is 0.668. The molecule has 27 heavy (non-hydrogen) atoms. The SMILES string of the molecule is C=CCn1c(SCc2cccc(C#N)c2)nc2sc3c(c2c1=O)CCCC3. The third-order valence-electron chi connectivity index (χ3n) is 4.78. The number of hydrogen-bond donors (Lipinski definition) is 0. The van der Waals surface area contributed by atoms with Gasteiger partial charge in [-0.25, -0.2) is 4.98 Å². The van der Waals surface area contributed by atoms with Crippen molar-refractivity contribution in [2.45, 2.75) is 43.1 Å². The third kappa shape index (κ3) is 3.45. The highest BCUT2D eigenvalue weighted by Crippen LogP contribution is 2.35. The molecule has 0 bridgehead atoms. The molecule has 4 rings (SSSR count). The molecule has 1 aliphatic carbocycles. The van der Waals surface area contributed by atoms with E-state index in [1.165, 1.54) is 28.6 Å². The number of thioether (sulfide) groups is 1. The Kier molecular flexibility index (Phi) is 5.15. The summed E-state index contributed by atoms with van der Waals surface area (Å²) < 4.78 is 1.73. The zero-order chi connectivity index (χ0) is 18.8. The lowest BCUT2D eigenvalue weighted by Gasteiger charge is -2.12. The van der Waals surface area contributed by atoms with Gasteiger partial charge in [-0.2, -0.15) is 5.26 Å². The second-order valence-electron chi connectivity index (χ2n) is 6.59. The third-order valence-corrected chi connectivity index (χ3v) is 7.01. The van der Waals surface area contributed by atoms with Crippen LogP contribution in [0, 0.1) is 11.3 Å². The quantitative estimate of drug-likeness (QED) is 0.359. The van der Waals surface area contributed by atoms with Gasteiger partial charge in [0.25, 0.3) is 5.56 Å². The maximum absolute atomic E-state index is 13.2. The number of aryl methyl sites for hydroxylation is 2. The predicted molar refractivity (Wildman–Crippen MR) is 111 cm³/mol. The molecule has 6 heteroatoms. The second-order valence-corrected chi connectivity index (χ2v) is 8.62. The van der Waals surface area contributed by atoms with Gasteiger partial charge in [-0.05, 0) is 48.9 Å². The first-order valence-corrected chi connectivity index (χ1v) is 10.8. The minimum atomic E-state index is 0.0487. The number of rotatable bonds is 5. The van der Waals surface area contributed by atoms with Gasteiger partial charge in [-0.3, -0.25) is 9.36 Å². The summed E-state index contributed by atoms with van der Waals surface area (Å²) in [5.74, 6) is 0.662. The van der Waals surface area contributed by atoms with Crippen LogP contribution in [0.2, 0.25) is 0 Å². The predicted octanol–water partition coefficient (Wildman–Crippen LogP) is 4.69. The zero-order valence-electron chi connectivity index (χ0n) is 14.9. The van der Waals surface area contributed by atoms with Crippen LogP contribution in [0.3, 0.4) is 0 Å². The molecule has 2 aromatic heterocycles. The van der Waals surface area contributed by atoms with Gasteiger partial charge in [0.1, 0.15) is 4.83 Å². The molecule has 0 fully saturated rings. The van der Waals surface area contributed by atoms with E-state index in [-0.39, 0.29) is 5.56 Å². The van der Waals surface area contributed by atoms with Crippen molar-refractivity contribution in [3.63, 3.8) is 0 Å². The molecular formula is C21H19N3OS2. The van der Waals surface area contributed by atoms with Crippen molar-refractivity contribution in [2.24, 2.45) is 0 Å². The van der Waals surface area contributed by atoms with Crippen LogP contribution in [0.1, 0.15) is 34.4 Å². The van der Waals surface area contributed by atoms with Crippen molar-refractivity contribution in [1.82, 2.24) is 9.55 Å². The van der Waals surface area contributed by atoms with Crippen LogP contribution in [0.15, 0.2) is 46.9 Å². The van der Waals surface area contributed by atoms with E-state index < -0.39 is 0 Å². The van der Waals surface area contributed by atoms with E-state index in [9.17, 15) is 4.79 Å². The topological polar surface area (TPSA) is 58.7 Å². The van der Waals surface area contributed by atoms with E-state index >= 15 is 0 Å². The molecule has 0 saturated heterocycles. The fourth-order valence-corrected chi connectivity index (χ4v) is 5.75. The summed E-state index contributed by atoms with van der Waals surface area (Å²) in [5.41, 5.74) is 2.96. The van der Waals surface area contributed by atoms with E-state index in [0.29, 0.717) is 23.0 Å². The van der Waals surface area contributed by atoms with Gasteiger partial charge in [0, 0.05) is 17.2 Å². The molecule has 0 aliphatic heterocycles. The smallest absolute Gasteiger partial charge is 0.263 e. The summed E-state index contributed by atoms with van der Waals surface area (Å²) in [4.78, 5) is 20.2. The molecule has 0 amide bonds. The molecule has 0 spiro atoms. The van der Waals surface area contributed by atoms with Gasteiger partial charge >= 0.3 is 0 Å². The fourth-order valence-electron chi connectivity index (χ4n) is 3.50. The van der Waals surface area contributed by atoms with Gasteiger partial charge in [0.2, 0.25) is 0 Å². The maximum Gasteiger partial charge on any atom is 0.263 e. The maximum atomic E-state index is 13.2. The van der Waals surface area contributed by atoms with Gasteiger partial charge in [-0.15, -0.1) is 17.9 Å². The number of benzene rings is 1. The largest absolute Gasteiger partial charge is 0.283 e. The van der Waals surface area contributed by atoms with E-state index in [1.807, 2.05) is 18.2 Å². The molecule has 0 radical (unpaired) electrons. The summed E-state index contributed by atoms with van der Waals surface area (Å²) >= 11 is 3.21. The average molecular weight is 394 g/mol. The van der Waals surface area contributed by atoms with Gasteiger partial charge < -0.3 is 0 Å².